The molecule has 4 unspecified atom stereocenters. The molecule has 0 N–H and O–H groups in total. The molecule has 44 heavy (non-hydrogen) atoms. The van der Waals surface area contributed by atoms with E-state index < -0.39 is 24.1 Å². The number of carbonyl (C=O) groups is 2. The van der Waals surface area contributed by atoms with E-state index in [1.54, 1.807) is 6.07 Å². The summed E-state index contributed by atoms with van der Waals surface area (Å²) in [5.74, 6) is -0.996. The first-order chi connectivity index (χ1) is 21.5. The molecule has 0 radical (unpaired) electrons. The van der Waals surface area contributed by atoms with E-state index in [1.807, 2.05) is 91.0 Å². The fourth-order valence-electron chi connectivity index (χ4n) is 7.31. The van der Waals surface area contributed by atoms with Crippen molar-refractivity contribution in [3.05, 3.63) is 156 Å². The molecule has 0 bridgehead atoms. The van der Waals surface area contributed by atoms with E-state index >= 15 is 0 Å². The first-order valence-electron chi connectivity index (χ1n) is 15.3. The molecule has 0 spiro atoms. The molecule has 5 aromatic carbocycles. The largest absolute Gasteiger partial charge is 0.454 e. The summed E-state index contributed by atoms with van der Waals surface area (Å²) >= 11 is 0. The van der Waals surface area contributed by atoms with Crippen LogP contribution in [0.1, 0.15) is 44.7 Å². The molecule has 218 valence electrons. The lowest BCUT2D eigenvalue weighted by atomic mass is 9.60. The summed E-state index contributed by atoms with van der Waals surface area (Å²) in [4.78, 5) is 28.2. The van der Waals surface area contributed by atoms with Crippen molar-refractivity contribution < 1.29 is 19.1 Å². The highest BCUT2D eigenvalue weighted by Crippen LogP contribution is 2.50. The Bertz CT molecular complexity index is 1920. The van der Waals surface area contributed by atoms with Gasteiger partial charge in [0.1, 0.15) is 12.2 Å². The predicted molar refractivity (Wildman–Crippen MR) is 175 cm³/mol. The van der Waals surface area contributed by atoms with E-state index in [0.717, 1.165) is 32.7 Å². The van der Waals surface area contributed by atoms with Gasteiger partial charge in [0.25, 0.3) is 0 Å². The Balaban J connectivity index is 1.34. The maximum absolute atomic E-state index is 14.1. The fourth-order valence-corrected chi connectivity index (χ4v) is 7.31. The molecule has 0 heterocycles. The van der Waals surface area contributed by atoms with Gasteiger partial charge in [0.2, 0.25) is 0 Å². The summed E-state index contributed by atoms with van der Waals surface area (Å²) in [6.07, 6.45) is 7.18. The number of allylic oxidation sites excluding steroid dienone is 4. The quantitative estimate of drug-likeness (QED) is 0.196. The second-order valence-electron chi connectivity index (χ2n) is 12.0. The SMILES string of the molecule is Cc1ccccc1[C@@H]1C(OC(=O)c2cccc3ccccc23)C(OC(=O)c2cccc3ccccc23)C(C)[C@@H]2C=CC=CC21. The van der Waals surface area contributed by atoms with Gasteiger partial charge < -0.3 is 9.47 Å². The number of benzene rings is 5. The van der Waals surface area contributed by atoms with Crippen LogP contribution in [0.5, 0.6) is 0 Å². The summed E-state index contributed by atoms with van der Waals surface area (Å²) in [6.45, 7) is 4.19. The second-order valence-corrected chi connectivity index (χ2v) is 12.0. The standard InChI is InChI=1S/C40H34O4/c1-25-13-3-6-18-29(25)36-33-22-10-9-19-30(33)26(2)37(43-39(41)34-23-11-16-27-14-4-7-20-31(27)34)38(36)44-40(42)35-24-12-17-28-15-5-8-21-32(28)35/h3-24,26,30,33,36-38H,1-2H3/t26?,30-,33?,36-,37?,38?/m0/s1. The molecular formula is C40H34O4. The Morgan fingerprint density at radius 2 is 1.07 bits per heavy atom. The number of hydrogen-bond donors (Lipinski definition) is 0. The number of hydrogen-bond acceptors (Lipinski definition) is 4. The summed E-state index contributed by atoms with van der Waals surface area (Å²) < 4.78 is 13.1. The number of rotatable bonds is 5. The molecule has 2 aliphatic rings. The predicted octanol–water partition coefficient (Wildman–Crippen LogP) is 8.84. The highest BCUT2D eigenvalue weighted by molar-refractivity contribution is 6.05. The molecule has 4 nitrogen and oxygen atoms in total. The van der Waals surface area contributed by atoms with Crippen molar-refractivity contribution in [2.45, 2.75) is 32.0 Å². The number of ether oxygens (including phenoxy) is 2. The average molecular weight is 579 g/mol. The van der Waals surface area contributed by atoms with Gasteiger partial charge in [-0.25, -0.2) is 9.59 Å². The van der Waals surface area contributed by atoms with Crippen LogP contribution in [0.15, 0.2) is 133 Å². The molecular weight excluding hydrogens is 544 g/mol. The molecule has 0 aromatic heterocycles. The Labute approximate surface area is 257 Å². The molecule has 2 aliphatic carbocycles. The van der Waals surface area contributed by atoms with Crippen molar-refractivity contribution in [1.82, 2.24) is 0 Å². The summed E-state index contributed by atoms with van der Waals surface area (Å²) in [6, 6.07) is 35.2. The first-order valence-corrected chi connectivity index (χ1v) is 15.3. The van der Waals surface area contributed by atoms with E-state index in [4.69, 9.17) is 9.47 Å². The third kappa shape index (κ3) is 4.90. The molecule has 7 rings (SSSR count). The van der Waals surface area contributed by atoms with Crippen molar-refractivity contribution >= 4 is 33.5 Å². The highest BCUT2D eigenvalue weighted by Gasteiger charge is 2.52. The minimum Gasteiger partial charge on any atom is -0.454 e. The zero-order chi connectivity index (χ0) is 30.2. The van der Waals surface area contributed by atoms with Crippen molar-refractivity contribution in [3.8, 4) is 0 Å². The topological polar surface area (TPSA) is 52.6 Å². The summed E-state index contributed by atoms with van der Waals surface area (Å²) in [7, 11) is 0. The third-order valence-electron chi connectivity index (χ3n) is 9.49. The van der Waals surface area contributed by atoms with E-state index in [-0.39, 0.29) is 23.7 Å². The molecule has 0 saturated heterocycles. The van der Waals surface area contributed by atoms with Crippen molar-refractivity contribution in [2.75, 3.05) is 0 Å². The van der Waals surface area contributed by atoms with Crippen LogP contribution in [0.25, 0.3) is 21.5 Å². The Kier molecular flexibility index (Phi) is 7.35. The van der Waals surface area contributed by atoms with E-state index in [2.05, 4.69) is 50.3 Å². The molecule has 1 saturated carbocycles. The van der Waals surface area contributed by atoms with E-state index in [0.29, 0.717) is 11.1 Å². The number of esters is 2. The molecule has 4 heteroatoms. The van der Waals surface area contributed by atoms with Gasteiger partial charge in [-0.3, -0.25) is 0 Å². The van der Waals surface area contributed by atoms with Crippen molar-refractivity contribution in [2.24, 2.45) is 17.8 Å². The Morgan fingerprint density at radius 3 is 1.68 bits per heavy atom. The smallest absolute Gasteiger partial charge is 0.339 e. The number of carbonyl (C=O) groups excluding carboxylic acids is 2. The Morgan fingerprint density at radius 1 is 0.568 bits per heavy atom. The molecule has 0 amide bonds. The van der Waals surface area contributed by atoms with Gasteiger partial charge in [0.05, 0.1) is 11.1 Å². The zero-order valence-electron chi connectivity index (χ0n) is 24.8. The highest BCUT2D eigenvalue weighted by atomic mass is 16.6. The van der Waals surface area contributed by atoms with Crippen LogP contribution in [-0.4, -0.2) is 24.1 Å². The molecule has 1 fully saturated rings. The zero-order valence-corrected chi connectivity index (χ0v) is 24.8. The average Bonchev–Trinajstić information content (AvgIpc) is 3.06. The van der Waals surface area contributed by atoms with Crippen LogP contribution in [0, 0.1) is 24.7 Å². The maximum Gasteiger partial charge on any atom is 0.339 e. The second kappa shape index (κ2) is 11.6. The van der Waals surface area contributed by atoms with Crippen LogP contribution < -0.4 is 0 Å². The first kappa shape index (κ1) is 27.8. The third-order valence-corrected chi connectivity index (χ3v) is 9.49. The van der Waals surface area contributed by atoms with Gasteiger partial charge in [-0.1, -0.05) is 128 Å². The lowest BCUT2D eigenvalue weighted by Gasteiger charge is -2.49. The van der Waals surface area contributed by atoms with E-state index in [1.165, 1.54) is 0 Å². The summed E-state index contributed by atoms with van der Waals surface area (Å²) in [5.41, 5.74) is 3.21. The van der Waals surface area contributed by atoms with Crippen LogP contribution >= 0.6 is 0 Å². The normalized spacial score (nSPS) is 24.1. The van der Waals surface area contributed by atoms with Crippen LogP contribution in [0.4, 0.5) is 0 Å². The van der Waals surface area contributed by atoms with Crippen molar-refractivity contribution in [3.63, 3.8) is 0 Å². The van der Waals surface area contributed by atoms with Crippen molar-refractivity contribution in [1.29, 1.82) is 0 Å². The van der Waals surface area contributed by atoms with Crippen LogP contribution in [0.3, 0.4) is 0 Å². The molecule has 6 atom stereocenters. The van der Waals surface area contributed by atoms with Gasteiger partial charge in [-0.15, -0.1) is 0 Å². The van der Waals surface area contributed by atoms with Gasteiger partial charge in [-0.05, 0) is 63.6 Å². The monoisotopic (exact) mass is 578 g/mol. The minimum atomic E-state index is -0.714. The number of fused-ring (bicyclic) bond motifs is 3. The summed E-state index contributed by atoms with van der Waals surface area (Å²) in [5, 5.41) is 3.60. The minimum absolute atomic E-state index is 0.0638. The van der Waals surface area contributed by atoms with Gasteiger partial charge in [0.15, 0.2) is 0 Å². The lowest BCUT2D eigenvalue weighted by molar-refractivity contribution is -0.0995. The molecule has 0 aliphatic heterocycles. The van der Waals surface area contributed by atoms with Gasteiger partial charge >= 0.3 is 11.9 Å². The molecule has 5 aromatic rings. The Hall–Kier alpha value is -4.96. The van der Waals surface area contributed by atoms with Gasteiger partial charge in [0, 0.05) is 11.8 Å². The van der Waals surface area contributed by atoms with E-state index in [9.17, 15) is 9.59 Å². The lowest BCUT2D eigenvalue weighted by Crippen LogP contribution is -2.53. The maximum atomic E-state index is 14.1. The number of aryl methyl sites for hydroxylation is 1. The van der Waals surface area contributed by atoms with Gasteiger partial charge in [-0.2, -0.15) is 0 Å². The van der Waals surface area contributed by atoms with Crippen LogP contribution in [0.2, 0.25) is 0 Å². The van der Waals surface area contributed by atoms with Crippen LogP contribution in [-0.2, 0) is 9.47 Å². The fraction of sp³-hybridized carbons (Fsp3) is 0.200.